The van der Waals surface area contributed by atoms with Gasteiger partial charge in [-0.2, -0.15) is 0 Å². The number of non-ortho nitro benzene ring substituents is 1. The molecule has 0 unspecified atom stereocenters. The third kappa shape index (κ3) is 6.94. The van der Waals surface area contributed by atoms with Crippen molar-refractivity contribution in [2.45, 2.75) is 12.8 Å². The molecule has 128 valence electrons. The summed E-state index contributed by atoms with van der Waals surface area (Å²) in [5, 5.41) is 16.8. The molecule has 1 saturated heterocycles. The van der Waals surface area contributed by atoms with Crippen LogP contribution in [0.1, 0.15) is 12.0 Å². The van der Waals surface area contributed by atoms with Crippen molar-refractivity contribution in [2.24, 2.45) is 0 Å². The molecule has 1 aliphatic rings. The summed E-state index contributed by atoms with van der Waals surface area (Å²) in [7, 11) is 0. The number of nitro groups is 1. The minimum atomic E-state index is -0.444. The monoisotopic (exact) mass is 342 g/mol. The standard InChI is InChI=1S/C15H22N4O3.ClH/c20-15(12-13-2-4-14(5-3-13)19(21)22)17-6-1-9-18-10-7-16-8-11-18;/h2-5,16H,1,6-12H2,(H,17,20);1H. The molecule has 0 aromatic heterocycles. The summed E-state index contributed by atoms with van der Waals surface area (Å²) in [5.74, 6) is -0.0471. The number of hydrogen-bond acceptors (Lipinski definition) is 5. The number of nitrogens with zero attached hydrogens (tertiary/aromatic N) is 2. The van der Waals surface area contributed by atoms with Crippen LogP contribution in [0.3, 0.4) is 0 Å². The highest BCUT2D eigenvalue weighted by Crippen LogP contribution is 2.12. The predicted molar refractivity (Wildman–Crippen MR) is 91.0 cm³/mol. The average Bonchev–Trinajstić information content (AvgIpc) is 2.53. The number of carbonyl (C=O) groups is 1. The molecule has 1 amide bonds. The lowest BCUT2D eigenvalue weighted by Crippen LogP contribution is -2.44. The molecule has 1 heterocycles. The first-order valence-electron chi connectivity index (χ1n) is 7.58. The van der Waals surface area contributed by atoms with E-state index >= 15 is 0 Å². The first kappa shape index (κ1) is 19.3. The third-order valence-corrected chi connectivity index (χ3v) is 3.69. The Balaban J connectivity index is 0.00000264. The lowest BCUT2D eigenvalue weighted by Gasteiger charge is -2.27. The predicted octanol–water partition coefficient (Wildman–Crippen LogP) is 0.971. The van der Waals surface area contributed by atoms with E-state index in [-0.39, 0.29) is 30.4 Å². The number of nitrogens with one attached hydrogen (secondary N) is 2. The van der Waals surface area contributed by atoms with E-state index in [4.69, 9.17) is 0 Å². The number of amides is 1. The fourth-order valence-electron chi connectivity index (χ4n) is 2.45. The van der Waals surface area contributed by atoms with Crippen molar-refractivity contribution in [3.05, 3.63) is 39.9 Å². The van der Waals surface area contributed by atoms with Gasteiger partial charge in [-0.25, -0.2) is 0 Å². The van der Waals surface area contributed by atoms with Gasteiger partial charge in [0.1, 0.15) is 0 Å². The van der Waals surface area contributed by atoms with Gasteiger partial charge < -0.3 is 15.5 Å². The summed E-state index contributed by atoms with van der Waals surface area (Å²) >= 11 is 0. The van der Waals surface area contributed by atoms with E-state index < -0.39 is 4.92 Å². The maximum Gasteiger partial charge on any atom is 0.269 e. The zero-order valence-electron chi connectivity index (χ0n) is 13.0. The molecule has 7 nitrogen and oxygen atoms in total. The topological polar surface area (TPSA) is 87.5 Å². The van der Waals surface area contributed by atoms with Gasteiger partial charge in [-0.1, -0.05) is 12.1 Å². The summed E-state index contributed by atoms with van der Waals surface area (Å²) in [5.41, 5.74) is 0.824. The molecule has 0 atom stereocenters. The van der Waals surface area contributed by atoms with Gasteiger partial charge >= 0.3 is 0 Å². The van der Waals surface area contributed by atoms with Crippen molar-refractivity contribution in [1.82, 2.24) is 15.5 Å². The molecule has 1 aromatic rings. The maximum absolute atomic E-state index is 11.8. The van der Waals surface area contributed by atoms with Crippen LogP contribution in [0, 0.1) is 10.1 Å². The highest BCUT2D eigenvalue weighted by molar-refractivity contribution is 5.85. The molecular weight excluding hydrogens is 320 g/mol. The van der Waals surface area contributed by atoms with Crippen molar-refractivity contribution in [1.29, 1.82) is 0 Å². The minimum absolute atomic E-state index is 0. The van der Waals surface area contributed by atoms with E-state index in [9.17, 15) is 14.9 Å². The average molecular weight is 343 g/mol. The number of piperazine rings is 1. The summed E-state index contributed by atoms with van der Waals surface area (Å²) in [6.07, 6.45) is 1.19. The van der Waals surface area contributed by atoms with Gasteiger partial charge in [0.25, 0.3) is 5.69 Å². The van der Waals surface area contributed by atoms with Gasteiger partial charge in [-0.15, -0.1) is 12.4 Å². The molecular formula is C15H23ClN4O3. The van der Waals surface area contributed by atoms with Gasteiger partial charge in [0.05, 0.1) is 11.3 Å². The van der Waals surface area contributed by atoms with E-state index in [1.165, 1.54) is 12.1 Å². The minimum Gasteiger partial charge on any atom is -0.356 e. The van der Waals surface area contributed by atoms with Crippen LogP contribution < -0.4 is 10.6 Å². The van der Waals surface area contributed by atoms with Gasteiger partial charge in [-0.05, 0) is 18.5 Å². The quantitative estimate of drug-likeness (QED) is 0.438. The maximum atomic E-state index is 11.8. The molecule has 0 aliphatic carbocycles. The summed E-state index contributed by atoms with van der Waals surface area (Å²) in [6, 6.07) is 6.09. The van der Waals surface area contributed by atoms with Crippen LogP contribution in [-0.2, 0) is 11.2 Å². The first-order chi connectivity index (χ1) is 10.6. The second-order valence-electron chi connectivity index (χ2n) is 5.40. The Labute approximate surface area is 142 Å². The van der Waals surface area contributed by atoms with Gasteiger partial charge in [0.2, 0.25) is 5.91 Å². The Morgan fingerprint density at radius 3 is 2.52 bits per heavy atom. The molecule has 1 fully saturated rings. The number of rotatable bonds is 7. The SMILES string of the molecule is Cl.O=C(Cc1ccc([N+](=O)[O-])cc1)NCCCN1CCNCC1. The Kier molecular flexibility index (Phi) is 8.53. The lowest BCUT2D eigenvalue weighted by molar-refractivity contribution is -0.384. The fourth-order valence-corrected chi connectivity index (χ4v) is 2.45. The Hall–Kier alpha value is -1.70. The van der Waals surface area contributed by atoms with Crippen LogP contribution in [0.2, 0.25) is 0 Å². The van der Waals surface area contributed by atoms with Crippen LogP contribution in [0.25, 0.3) is 0 Å². The molecule has 0 radical (unpaired) electrons. The molecule has 8 heteroatoms. The van der Waals surface area contributed by atoms with Crippen LogP contribution in [0.5, 0.6) is 0 Å². The van der Waals surface area contributed by atoms with Crippen LogP contribution in [-0.4, -0.2) is 55.0 Å². The number of nitro benzene ring substituents is 1. The first-order valence-corrected chi connectivity index (χ1v) is 7.58. The van der Waals surface area contributed by atoms with Crippen LogP contribution in [0.4, 0.5) is 5.69 Å². The molecule has 0 spiro atoms. The van der Waals surface area contributed by atoms with Crippen LogP contribution >= 0.6 is 12.4 Å². The summed E-state index contributed by atoms with van der Waals surface area (Å²) < 4.78 is 0. The molecule has 23 heavy (non-hydrogen) atoms. The summed E-state index contributed by atoms with van der Waals surface area (Å²) in [6.45, 7) is 5.86. The van der Waals surface area contributed by atoms with Crippen molar-refractivity contribution in [3.63, 3.8) is 0 Å². The Morgan fingerprint density at radius 2 is 1.91 bits per heavy atom. The Bertz CT molecular complexity index is 504. The van der Waals surface area contributed by atoms with Gasteiger partial charge in [0, 0.05) is 44.9 Å². The van der Waals surface area contributed by atoms with Crippen LogP contribution in [0.15, 0.2) is 24.3 Å². The molecule has 1 aromatic carbocycles. The molecule has 2 N–H and O–H groups in total. The zero-order chi connectivity index (χ0) is 15.8. The second-order valence-corrected chi connectivity index (χ2v) is 5.40. The van der Waals surface area contributed by atoms with Crippen molar-refractivity contribution < 1.29 is 9.72 Å². The molecule has 2 rings (SSSR count). The largest absolute Gasteiger partial charge is 0.356 e. The third-order valence-electron chi connectivity index (χ3n) is 3.69. The van der Waals surface area contributed by atoms with Gasteiger partial charge in [-0.3, -0.25) is 14.9 Å². The van der Waals surface area contributed by atoms with Crippen molar-refractivity contribution >= 4 is 24.0 Å². The number of hydrogen-bond donors (Lipinski definition) is 2. The second kappa shape index (κ2) is 10.1. The number of halogens is 1. The highest BCUT2D eigenvalue weighted by Gasteiger charge is 2.09. The number of benzene rings is 1. The van der Waals surface area contributed by atoms with E-state index in [1.54, 1.807) is 12.1 Å². The normalized spacial score (nSPS) is 14.8. The molecule has 0 bridgehead atoms. The molecule has 0 saturated carbocycles. The van der Waals surface area contributed by atoms with E-state index in [1.807, 2.05) is 0 Å². The lowest BCUT2D eigenvalue weighted by atomic mass is 10.1. The molecule has 1 aliphatic heterocycles. The van der Waals surface area contributed by atoms with E-state index in [0.717, 1.165) is 44.7 Å². The van der Waals surface area contributed by atoms with Crippen molar-refractivity contribution in [3.8, 4) is 0 Å². The zero-order valence-corrected chi connectivity index (χ0v) is 13.8. The van der Waals surface area contributed by atoms with Gasteiger partial charge in [0.15, 0.2) is 0 Å². The van der Waals surface area contributed by atoms with Crippen molar-refractivity contribution in [2.75, 3.05) is 39.3 Å². The highest BCUT2D eigenvalue weighted by atomic mass is 35.5. The van der Waals surface area contributed by atoms with E-state index in [0.29, 0.717) is 6.54 Å². The van der Waals surface area contributed by atoms with E-state index in [2.05, 4.69) is 15.5 Å². The Morgan fingerprint density at radius 1 is 1.26 bits per heavy atom. The smallest absolute Gasteiger partial charge is 0.269 e. The fraction of sp³-hybridized carbons (Fsp3) is 0.533. The number of carbonyl (C=O) groups excluding carboxylic acids is 1. The summed E-state index contributed by atoms with van der Waals surface area (Å²) in [4.78, 5) is 24.3.